The van der Waals surface area contributed by atoms with Gasteiger partial charge in [-0.25, -0.2) is 0 Å². The van der Waals surface area contributed by atoms with Crippen molar-refractivity contribution in [2.45, 2.75) is 44.5 Å². The number of aliphatic hydroxyl groups excluding tert-OH is 1. The average Bonchev–Trinajstić information content (AvgIpc) is 2.47. The van der Waals surface area contributed by atoms with E-state index in [1.165, 1.54) is 6.07 Å². The third-order valence-electron chi connectivity index (χ3n) is 3.61. The third-order valence-corrected chi connectivity index (χ3v) is 3.61. The van der Waals surface area contributed by atoms with E-state index in [9.17, 15) is 10.1 Å². The van der Waals surface area contributed by atoms with Crippen LogP contribution in [0.1, 0.15) is 31.2 Å². The fourth-order valence-corrected chi connectivity index (χ4v) is 2.51. The zero-order chi connectivity index (χ0) is 14.5. The van der Waals surface area contributed by atoms with Gasteiger partial charge in [0.2, 0.25) is 0 Å². The smallest absolute Gasteiger partial charge is 0.311 e. The fourth-order valence-electron chi connectivity index (χ4n) is 2.51. The van der Waals surface area contributed by atoms with Crippen molar-refractivity contribution in [1.82, 2.24) is 0 Å². The molecule has 1 aromatic carbocycles. The van der Waals surface area contributed by atoms with Crippen molar-refractivity contribution in [2.75, 3.05) is 7.11 Å². The Hall–Kier alpha value is -1.66. The molecule has 0 saturated heterocycles. The molecule has 0 radical (unpaired) electrons. The largest absolute Gasteiger partial charge is 0.483 e. The van der Waals surface area contributed by atoms with Crippen LogP contribution < -0.4 is 4.74 Å². The van der Waals surface area contributed by atoms with Crippen LogP contribution in [0.3, 0.4) is 0 Å². The molecule has 20 heavy (non-hydrogen) atoms. The van der Waals surface area contributed by atoms with Gasteiger partial charge in [0.25, 0.3) is 0 Å². The van der Waals surface area contributed by atoms with Gasteiger partial charge in [-0.15, -0.1) is 0 Å². The number of nitro groups is 1. The van der Waals surface area contributed by atoms with E-state index >= 15 is 0 Å². The van der Waals surface area contributed by atoms with Crippen LogP contribution in [0.25, 0.3) is 0 Å². The highest BCUT2D eigenvalue weighted by atomic mass is 16.6. The number of ether oxygens (including phenoxy) is 2. The fraction of sp³-hybridized carbons (Fsp3) is 0.571. The molecule has 6 nitrogen and oxygen atoms in total. The van der Waals surface area contributed by atoms with E-state index in [2.05, 4.69) is 0 Å². The molecule has 1 aliphatic rings. The van der Waals surface area contributed by atoms with Crippen LogP contribution in [0.15, 0.2) is 18.2 Å². The van der Waals surface area contributed by atoms with E-state index < -0.39 is 4.92 Å². The highest BCUT2D eigenvalue weighted by Gasteiger charge is 2.25. The quantitative estimate of drug-likeness (QED) is 0.662. The minimum Gasteiger partial charge on any atom is -0.483 e. The Balaban J connectivity index is 2.14. The highest BCUT2D eigenvalue weighted by molar-refractivity contribution is 5.48. The lowest BCUT2D eigenvalue weighted by Gasteiger charge is -2.28. The van der Waals surface area contributed by atoms with Crippen LogP contribution in [-0.2, 0) is 11.3 Å². The molecule has 2 atom stereocenters. The van der Waals surface area contributed by atoms with Crippen LogP contribution in [0.5, 0.6) is 5.75 Å². The van der Waals surface area contributed by atoms with Gasteiger partial charge in [0.05, 0.1) is 17.6 Å². The maximum atomic E-state index is 11.1. The van der Waals surface area contributed by atoms with Gasteiger partial charge in [0, 0.05) is 19.6 Å². The molecule has 0 spiro atoms. The normalized spacial score (nSPS) is 22.5. The summed E-state index contributed by atoms with van der Waals surface area (Å²) in [5, 5.41) is 20.1. The van der Waals surface area contributed by atoms with Gasteiger partial charge in [-0.2, -0.15) is 0 Å². The SMILES string of the molecule is COC1CCCC(Oc2ccc(CO)cc2[N+](=O)[O-])C1. The summed E-state index contributed by atoms with van der Waals surface area (Å²) in [6, 6.07) is 4.55. The summed E-state index contributed by atoms with van der Waals surface area (Å²) in [5.74, 6) is 0.258. The molecule has 1 aromatic rings. The summed E-state index contributed by atoms with van der Waals surface area (Å²) in [4.78, 5) is 10.6. The summed E-state index contributed by atoms with van der Waals surface area (Å²) in [5.41, 5.74) is 0.401. The molecule has 1 N–H and O–H groups in total. The lowest BCUT2D eigenvalue weighted by atomic mass is 9.95. The van der Waals surface area contributed by atoms with Crippen LogP contribution in [0, 0.1) is 10.1 Å². The predicted octanol–water partition coefficient (Wildman–Crippen LogP) is 2.42. The molecule has 0 aliphatic heterocycles. The first kappa shape index (κ1) is 14.7. The van der Waals surface area contributed by atoms with Crippen molar-refractivity contribution in [3.8, 4) is 5.75 Å². The molecule has 2 unspecified atom stereocenters. The van der Waals surface area contributed by atoms with Crippen LogP contribution in [0.4, 0.5) is 5.69 Å². The van der Waals surface area contributed by atoms with E-state index in [0.717, 1.165) is 25.7 Å². The first-order valence-electron chi connectivity index (χ1n) is 6.71. The second kappa shape index (κ2) is 6.67. The van der Waals surface area contributed by atoms with Crippen LogP contribution in [-0.4, -0.2) is 29.3 Å². The minimum atomic E-state index is -0.481. The van der Waals surface area contributed by atoms with Gasteiger partial charge in [-0.1, -0.05) is 6.07 Å². The van der Waals surface area contributed by atoms with Crippen molar-refractivity contribution >= 4 is 5.69 Å². The van der Waals surface area contributed by atoms with E-state index in [0.29, 0.717) is 5.56 Å². The lowest BCUT2D eigenvalue weighted by molar-refractivity contribution is -0.386. The van der Waals surface area contributed by atoms with Crippen molar-refractivity contribution in [3.63, 3.8) is 0 Å². The summed E-state index contributed by atoms with van der Waals surface area (Å²) >= 11 is 0. The van der Waals surface area contributed by atoms with E-state index in [4.69, 9.17) is 14.6 Å². The number of aliphatic hydroxyl groups is 1. The maximum absolute atomic E-state index is 11.1. The zero-order valence-electron chi connectivity index (χ0n) is 11.4. The molecule has 0 aromatic heterocycles. The van der Waals surface area contributed by atoms with Crippen molar-refractivity contribution < 1.29 is 19.5 Å². The number of benzene rings is 1. The molecule has 0 heterocycles. The van der Waals surface area contributed by atoms with Gasteiger partial charge in [-0.05, 0) is 30.9 Å². The summed E-state index contributed by atoms with van der Waals surface area (Å²) < 4.78 is 11.1. The van der Waals surface area contributed by atoms with E-state index in [1.54, 1.807) is 19.2 Å². The molecule has 1 aliphatic carbocycles. The van der Waals surface area contributed by atoms with Crippen molar-refractivity contribution in [2.24, 2.45) is 0 Å². The van der Waals surface area contributed by atoms with Gasteiger partial charge in [0.15, 0.2) is 5.75 Å². The third kappa shape index (κ3) is 3.46. The highest BCUT2D eigenvalue weighted by Crippen LogP contribution is 2.32. The molecule has 1 fully saturated rings. The number of hydrogen-bond acceptors (Lipinski definition) is 5. The number of nitrogens with zero attached hydrogens (tertiary/aromatic N) is 1. The number of methoxy groups -OCH3 is 1. The maximum Gasteiger partial charge on any atom is 0.311 e. The Labute approximate surface area is 117 Å². The minimum absolute atomic E-state index is 0.0626. The average molecular weight is 281 g/mol. The Bertz CT molecular complexity index is 477. The predicted molar refractivity (Wildman–Crippen MR) is 72.7 cm³/mol. The van der Waals surface area contributed by atoms with Crippen LogP contribution in [0.2, 0.25) is 0 Å². The first-order valence-corrected chi connectivity index (χ1v) is 6.71. The molecule has 6 heteroatoms. The Kier molecular flexibility index (Phi) is 4.92. The van der Waals surface area contributed by atoms with Gasteiger partial charge < -0.3 is 14.6 Å². The lowest BCUT2D eigenvalue weighted by Crippen LogP contribution is -2.29. The first-order chi connectivity index (χ1) is 9.63. The summed E-state index contributed by atoms with van der Waals surface area (Å²) in [6.45, 7) is -0.226. The van der Waals surface area contributed by atoms with E-state index in [1.807, 2.05) is 0 Å². The van der Waals surface area contributed by atoms with Gasteiger partial charge in [0.1, 0.15) is 6.10 Å². The molecular formula is C14H19NO5. The molecule has 0 amide bonds. The number of nitro benzene ring substituents is 1. The standard InChI is InChI=1S/C14H19NO5/c1-19-11-3-2-4-12(8-11)20-14-6-5-10(9-16)7-13(14)15(17)18/h5-7,11-12,16H,2-4,8-9H2,1H3. The second-order valence-electron chi connectivity index (χ2n) is 4.98. The Morgan fingerprint density at radius 2 is 2.15 bits per heavy atom. The molecule has 0 bridgehead atoms. The van der Waals surface area contributed by atoms with E-state index in [-0.39, 0.29) is 30.3 Å². The Morgan fingerprint density at radius 1 is 1.40 bits per heavy atom. The van der Waals surface area contributed by atoms with Crippen LogP contribution >= 0.6 is 0 Å². The van der Waals surface area contributed by atoms with Gasteiger partial charge in [-0.3, -0.25) is 10.1 Å². The molecule has 2 rings (SSSR count). The molecule has 1 saturated carbocycles. The van der Waals surface area contributed by atoms with Crippen molar-refractivity contribution in [3.05, 3.63) is 33.9 Å². The van der Waals surface area contributed by atoms with Gasteiger partial charge >= 0.3 is 5.69 Å². The number of rotatable bonds is 5. The molecule has 110 valence electrons. The molecular weight excluding hydrogens is 262 g/mol. The zero-order valence-corrected chi connectivity index (χ0v) is 11.4. The number of hydrogen-bond donors (Lipinski definition) is 1. The summed E-state index contributed by atoms with van der Waals surface area (Å²) in [6.07, 6.45) is 3.71. The Morgan fingerprint density at radius 3 is 2.80 bits per heavy atom. The monoisotopic (exact) mass is 281 g/mol. The second-order valence-corrected chi connectivity index (χ2v) is 4.98. The summed E-state index contributed by atoms with van der Waals surface area (Å²) in [7, 11) is 1.67. The topological polar surface area (TPSA) is 81.8 Å². The van der Waals surface area contributed by atoms with Crippen molar-refractivity contribution in [1.29, 1.82) is 0 Å².